The number of piperidine rings is 1. The molecule has 0 aromatic carbocycles. The van der Waals surface area contributed by atoms with E-state index in [-0.39, 0.29) is 24.0 Å². The zero-order valence-electron chi connectivity index (χ0n) is 16.7. The molecule has 7 heteroatoms. The fourth-order valence-electron chi connectivity index (χ4n) is 3.10. The zero-order valence-corrected chi connectivity index (χ0v) is 19.0. The fourth-order valence-corrected chi connectivity index (χ4v) is 3.10. The Kier molecular flexibility index (Phi) is 10.9. The highest BCUT2D eigenvalue weighted by molar-refractivity contribution is 14.0. The van der Waals surface area contributed by atoms with Gasteiger partial charge in [-0.3, -0.25) is 0 Å². The van der Waals surface area contributed by atoms with Crippen molar-refractivity contribution in [1.29, 1.82) is 0 Å². The van der Waals surface area contributed by atoms with Crippen LogP contribution in [-0.4, -0.2) is 62.2 Å². The van der Waals surface area contributed by atoms with Gasteiger partial charge in [-0.1, -0.05) is 6.92 Å². The lowest BCUT2D eigenvalue weighted by Gasteiger charge is -2.32. The molecule has 2 rings (SSSR count). The fraction of sp³-hybridized carbons (Fsp3) is 0.684. The number of pyridine rings is 1. The molecule has 1 aliphatic rings. The Balaban J connectivity index is 0.00000338. The summed E-state index contributed by atoms with van der Waals surface area (Å²) < 4.78 is 0. The summed E-state index contributed by atoms with van der Waals surface area (Å²) in [6.45, 7) is 9.48. The largest absolute Gasteiger partial charge is 0.363 e. The van der Waals surface area contributed by atoms with Crippen molar-refractivity contribution in [1.82, 2.24) is 20.5 Å². The second-order valence-electron chi connectivity index (χ2n) is 6.87. The van der Waals surface area contributed by atoms with Gasteiger partial charge in [0.15, 0.2) is 5.96 Å². The maximum atomic E-state index is 4.77. The van der Waals surface area contributed by atoms with E-state index >= 15 is 0 Å². The quantitative estimate of drug-likeness (QED) is 0.362. The predicted octanol–water partition coefficient (Wildman–Crippen LogP) is 2.70. The van der Waals surface area contributed by atoms with Gasteiger partial charge in [0.25, 0.3) is 0 Å². The molecule has 0 bridgehead atoms. The normalized spacial score (nSPS) is 16.1. The second-order valence-corrected chi connectivity index (χ2v) is 6.87. The van der Waals surface area contributed by atoms with E-state index in [1.807, 2.05) is 31.3 Å². The Morgan fingerprint density at radius 3 is 2.65 bits per heavy atom. The minimum Gasteiger partial charge on any atom is -0.363 e. The van der Waals surface area contributed by atoms with Crippen molar-refractivity contribution in [3.05, 3.63) is 23.9 Å². The number of rotatable bonds is 7. The summed E-state index contributed by atoms with van der Waals surface area (Å²) >= 11 is 0. The van der Waals surface area contributed by atoms with Crippen LogP contribution in [0.1, 0.15) is 38.7 Å². The van der Waals surface area contributed by atoms with Crippen LogP contribution in [0.25, 0.3) is 0 Å². The molecule has 0 radical (unpaired) electrons. The molecule has 0 amide bonds. The molecule has 1 aliphatic heterocycles. The van der Waals surface area contributed by atoms with Gasteiger partial charge < -0.3 is 20.4 Å². The van der Waals surface area contributed by atoms with Crippen molar-refractivity contribution in [2.45, 2.75) is 45.7 Å². The van der Waals surface area contributed by atoms with Gasteiger partial charge in [-0.25, -0.2) is 9.98 Å². The van der Waals surface area contributed by atoms with E-state index in [1.54, 1.807) is 0 Å². The van der Waals surface area contributed by atoms with E-state index in [2.05, 4.69) is 40.4 Å². The van der Waals surface area contributed by atoms with Gasteiger partial charge in [0, 0.05) is 46.0 Å². The first-order valence-corrected chi connectivity index (χ1v) is 9.51. The number of nitrogens with zero attached hydrogens (tertiary/aromatic N) is 4. The Morgan fingerprint density at radius 2 is 2.04 bits per heavy atom. The molecule has 6 nitrogen and oxygen atoms in total. The smallest absolute Gasteiger partial charge is 0.191 e. The molecule has 1 fully saturated rings. The molecule has 0 aliphatic carbocycles. The van der Waals surface area contributed by atoms with Crippen LogP contribution < -0.4 is 15.5 Å². The summed E-state index contributed by atoms with van der Waals surface area (Å²) in [7, 11) is 4.01. The highest BCUT2D eigenvalue weighted by Crippen LogP contribution is 2.12. The lowest BCUT2D eigenvalue weighted by atomic mass is 10.1. The first-order chi connectivity index (χ1) is 12.1. The predicted molar refractivity (Wildman–Crippen MR) is 122 cm³/mol. The molecule has 26 heavy (non-hydrogen) atoms. The van der Waals surface area contributed by atoms with Crippen LogP contribution in [0.4, 0.5) is 5.82 Å². The van der Waals surface area contributed by atoms with Gasteiger partial charge >= 0.3 is 0 Å². The third-order valence-electron chi connectivity index (χ3n) is 4.50. The van der Waals surface area contributed by atoms with Gasteiger partial charge in [0.2, 0.25) is 0 Å². The van der Waals surface area contributed by atoms with Crippen LogP contribution in [0.5, 0.6) is 0 Å². The highest BCUT2D eigenvalue weighted by atomic mass is 127. The van der Waals surface area contributed by atoms with Gasteiger partial charge in [-0.2, -0.15) is 0 Å². The Bertz CT molecular complexity index is 541. The van der Waals surface area contributed by atoms with Crippen molar-refractivity contribution in [3.8, 4) is 0 Å². The van der Waals surface area contributed by atoms with Gasteiger partial charge in [-0.15, -0.1) is 24.0 Å². The van der Waals surface area contributed by atoms with Crippen molar-refractivity contribution in [3.63, 3.8) is 0 Å². The summed E-state index contributed by atoms with van der Waals surface area (Å²) in [5, 5.41) is 6.99. The third-order valence-corrected chi connectivity index (χ3v) is 4.50. The average molecular weight is 474 g/mol. The minimum absolute atomic E-state index is 0. The molecule has 1 saturated heterocycles. The van der Waals surface area contributed by atoms with Crippen molar-refractivity contribution >= 4 is 35.8 Å². The van der Waals surface area contributed by atoms with E-state index in [0.29, 0.717) is 12.6 Å². The molecular weight excluding hydrogens is 439 g/mol. The van der Waals surface area contributed by atoms with E-state index in [1.165, 1.54) is 44.5 Å². The summed E-state index contributed by atoms with van der Waals surface area (Å²) in [4.78, 5) is 13.7. The molecule has 0 atom stereocenters. The van der Waals surface area contributed by atoms with Crippen LogP contribution in [0.2, 0.25) is 0 Å². The van der Waals surface area contributed by atoms with Gasteiger partial charge in [-0.05, 0) is 50.4 Å². The lowest BCUT2D eigenvalue weighted by molar-refractivity contribution is 0.206. The van der Waals surface area contributed by atoms with E-state index in [4.69, 9.17) is 4.99 Å². The molecule has 1 aromatic heterocycles. The van der Waals surface area contributed by atoms with Crippen LogP contribution in [-0.2, 0) is 6.54 Å². The maximum absolute atomic E-state index is 4.77. The Morgan fingerprint density at radius 1 is 1.31 bits per heavy atom. The van der Waals surface area contributed by atoms with Gasteiger partial charge in [0.05, 0.1) is 6.54 Å². The Labute approximate surface area is 175 Å². The number of aliphatic imine (C=N–C) groups is 1. The zero-order chi connectivity index (χ0) is 18.1. The number of hydrogen-bond acceptors (Lipinski definition) is 4. The second kappa shape index (κ2) is 12.3. The number of halogens is 1. The van der Waals surface area contributed by atoms with Crippen LogP contribution >= 0.6 is 24.0 Å². The molecule has 148 valence electrons. The molecule has 2 heterocycles. The number of guanidine groups is 1. The molecular formula is C19H35IN6. The topological polar surface area (TPSA) is 55.8 Å². The van der Waals surface area contributed by atoms with Crippen molar-refractivity contribution in [2.75, 3.05) is 45.2 Å². The standard InChI is InChI=1S/C19H34N6.HI/c1-5-11-25-12-8-17(9-13-25)23-19(20-6-2)22-15-16-7-10-21-18(14-16)24(3)4;/h7,10,14,17H,5-6,8-9,11-13,15H2,1-4H3,(H2,20,22,23);1H. The monoisotopic (exact) mass is 474 g/mol. The van der Waals surface area contributed by atoms with Crippen LogP contribution in [0.15, 0.2) is 23.3 Å². The third kappa shape index (κ3) is 7.65. The summed E-state index contributed by atoms with van der Waals surface area (Å²) in [5.41, 5.74) is 1.17. The number of nitrogens with one attached hydrogen (secondary N) is 2. The number of hydrogen-bond donors (Lipinski definition) is 2. The molecule has 0 saturated carbocycles. The van der Waals surface area contributed by atoms with E-state index in [0.717, 1.165) is 18.3 Å². The maximum Gasteiger partial charge on any atom is 0.191 e. The van der Waals surface area contributed by atoms with Gasteiger partial charge in [0.1, 0.15) is 5.82 Å². The summed E-state index contributed by atoms with van der Waals surface area (Å²) in [6.07, 6.45) is 5.46. The van der Waals surface area contributed by atoms with E-state index < -0.39 is 0 Å². The Hall–Kier alpha value is -1.09. The molecule has 2 N–H and O–H groups in total. The molecule has 0 spiro atoms. The number of likely N-dealkylation sites (tertiary alicyclic amines) is 1. The summed E-state index contributed by atoms with van der Waals surface area (Å²) in [6, 6.07) is 4.64. The first-order valence-electron chi connectivity index (χ1n) is 9.51. The van der Waals surface area contributed by atoms with Crippen LogP contribution in [0, 0.1) is 0 Å². The SMILES string of the molecule is CCCN1CCC(NC(=NCc2ccnc(N(C)C)c2)NCC)CC1.I. The average Bonchev–Trinajstić information content (AvgIpc) is 2.62. The number of aromatic nitrogens is 1. The van der Waals surface area contributed by atoms with E-state index in [9.17, 15) is 0 Å². The lowest BCUT2D eigenvalue weighted by Crippen LogP contribution is -2.48. The van der Waals surface area contributed by atoms with Crippen molar-refractivity contribution in [2.24, 2.45) is 4.99 Å². The molecule has 0 unspecified atom stereocenters. The first kappa shape index (κ1) is 23.0. The minimum atomic E-state index is 0. The number of anilines is 1. The van der Waals surface area contributed by atoms with Crippen LogP contribution in [0.3, 0.4) is 0 Å². The highest BCUT2D eigenvalue weighted by Gasteiger charge is 2.19. The summed E-state index contributed by atoms with van der Waals surface area (Å²) in [5.74, 6) is 1.88. The van der Waals surface area contributed by atoms with Crippen molar-refractivity contribution < 1.29 is 0 Å². The molecule has 1 aromatic rings.